The summed E-state index contributed by atoms with van der Waals surface area (Å²) in [6, 6.07) is 5.15. The number of nitrogens with zero attached hydrogens (tertiary/aromatic N) is 2. The molecule has 2 aromatic rings. The number of amides is 1. The van der Waals surface area contributed by atoms with Crippen molar-refractivity contribution in [2.24, 2.45) is 5.84 Å². The van der Waals surface area contributed by atoms with E-state index in [0.717, 1.165) is 0 Å². The Kier molecular flexibility index (Phi) is 4.02. The van der Waals surface area contributed by atoms with Crippen molar-refractivity contribution in [3.8, 4) is 0 Å². The first kappa shape index (κ1) is 13.6. The molecule has 0 aliphatic carbocycles. The molecule has 0 radical (unpaired) electrons. The lowest BCUT2D eigenvalue weighted by atomic mass is 10.2. The summed E-state index contributed by atoms with van der Waals surface area (Å²) in [4.78, 5) is 20.0. The Morgan fingerprint density at radius 1 is 1.20 bits per heavy atom. The van der Waals surface area contributed by atoms with Gasteiger partial charge in [-0.25, -0.2) is 14.4 Å². The van der Waals surface area contributed by atoms with E-state index in [-0.39, 0.29) is 5.82 Å². The monoisotopic (exact) mass is 273 g/mol. The fourth-order valence-electron chi connectivity index (χ4n) is 1.50. The van der Waals surface area contributed by atoms with Crippen LogP contribution in [0.4, 0.5) is 10.2 Å². The van der Waals surface area contributed by atoms with Gasteiger partial charge in [0.15, 0.2) is 5.82 Å². The Morgan fingerprint density at radius 2 is 1.85 bits per heavy atom. The number of anilines is 1. The Morgan fingerprint density at radius 3 is 2.50 bits per heavy atom. The maximum Gasteiger partial charge on any atom is 0.256 e. The van der Waals surface area contributed by atoms with Crippen LogP contribution in [0.3, 0.4) is 0 Å². The van der Waals surface area contributed by atoms with Crippen LogP contribution in [0.5, 0.6) is 0 Å². The molecular weight excluding hydrogens is 261 g/mol. The number of hydrazine groups is 1. The lowest BCUT2D eigenvalue weighted by Crippen LogP contribution is -2.22. The van der Waals surface area contributed by atoms with Crippen molar-refractivity contribution in [3.05, 3.63) is 60.3 Å². The number of nitrogens with one attached hydrogen (secondary N) is 2. The number of rotatable bonds is 4. The van der Waals surface area contributed by atoms with Gasteiger partial charge in [0.1, 0.15) is 11.5 Å². The fraction of sp³-hybridized carbons (Fsp3) is 0. The van der Waals surface area contributed by atoms with E-state index >= 15 is 0 Å². The summed E-state index contributed by atoms with van der Waals surface area (Å²) in [7, 11) is 0. The Labute approximate surface area is 114 Å². The van der Waals surface area contributed by atoms with Gasteiger partial charge in [0, 0.05) is 18.0 Å². The summed E-state index contributed by atoms with van der Waals surface area (Å²) < 4.78 is 12.8. The Bertz CT molecular complexity index is 641. The highest BCUT2D eigenvalue weighted by Gasteiger charge is 2.12. The van der Waals surface area contributed by atoms with Crippen LogP contribution in [0, 0.1) is 5.82 Å². The second-order valence-electron chi connectivity index (χ2n) is 3.84. The molecule has 0 unspecified atom stereocenters. The maximum atomic E-state index is 12.8. The van der Waals surface area contributed by atoms with Crippen LogP contribution >= 0.6 is 0 Å². The van der Waals surface area contributed by atoms with Crippen molar-refractivity contribution >= 4 is 17.4 Å². The third-order valence-corrected chi connectivity index (χ3v) is 2.50. The molecule has 2 rings (SSSR count). The number of halogens is 1. The van der Waals surface area contributed by atoms with Gasteiger partial charge in [0.05, 0.1) is 5.70 Å². The Hall–Kier alpha value is -2.80. The predicted octanol–water partition coefficient (Wildman–Crippen LogP) is 1.30. The van der Waals surface area contributed by atoms with Gasteiger partial charge >= 0.3 is 0 Å². The third kappa shape index (κ3) is 2.96. The summed E-state index contributed by atoms with van der Waals surface area (Å²) in [6.07, 6.45) is 2.87. The number of benzene rings is 1. The van der Waals surface area contributed by atoms with Gasteiger partial charge in [-0.15, -0.1) is 0 Å². The second kappa shape index (κ2) is 5.89. The van der Waals surface area contributed by atoms with Crippen molar-refractivity contribution < 1.29 is 9.18 Å². The van der Waals surface area contributed by atoms with Crippen molar-refractivity contribution in [1.29, 1.82) is 0 Å². The van der Waals surface area contributed by atoms with Crippen LogP contribution in [0.1, 0.15) is 16.1 Å². The molecule has 0 saturated heterocycles. The first-order valence-corrected chi connectivity index (χ1v) is 5.65. The summed E-state index contributed by atoms with van der Waals surface area (Å²) >= 11 is 0. The normalized spacial score (nSPS) is 9.90. The predicted molar refractivity (Wildman–Crippen MR) is 72.7 cm³/mol. The zero-order chi connectivity index (χ0) is 14.5. The van der Waals surface area contributed by atoms with Crippen molar-refractivity contribution in [2.45, 2.75) is 0 Å². The van der Waals surface area contributed by atoms with E-state index in [2.05, 4.69) is 27.3 Å². The Balaban J connectivity index is 2.24. The molecular formula is C13H12FN5O. The molecule has 1 amide bonds. The molecule has 0 atom stereocenters. The molecule has 7 heteroatoms. The van der Waals surface area contributed by atoms with Crippen LogP contribution in [-0.2, 0) is 0 Å². The minimum absolute atomic E-state index is 0.213. The topological polar surface area (TPSA) is 92.9 Å². The highest BCUT2D eigenvalue weighted by molar-refractivity contribution is 6.04. The molecule has 6 nitrogen and oxygen atoms in total. The van der Waals surface area contributed by atoms with E-state index in [1.165, 1.54) is 36.7 Å². The number of hydrogen-bond donors (Lipinski definition) is 3. The van der Waals surface area contributed by atoms with Crippen LogP contribution in [0.25, 0.3) is 5.70 Å². The van der Waals surface area contributed by atoms with Gasteiger partial charge in [-0.1, -0.05) is 6.58 Å². The van der Waals surface area contributed by atoms with E-state index in [1.54, 1.807) is 0 Å². The minimum Gasteiger partial charge on any atom is -0.322 e. The SMILES string of the molecule is C=C(NN)c1nccnc1NC(=O)c1ccc(F)cc1. The third-order valence-electron chi connectivity index (χ3n) is 2.50. The summed E-state index contributed by atoms with van der Waals surface area (Å²) in [6.45, 7) is 3.66. The second-order valence-corrected chi connectivity index (χ2v) is 3.84. The molecule has 1 aromatic heterocycles. The van der Waals surface area contributed by atoms with Gasteiger partial charge in [-0.3, -0.25) is 10.6 Å². The molecule has 0 bridgehead atoms. The van der Waals surface area contributed by atoms with E-state index in [1.807, 2.05) is 0 Å². The fourth-order valence-corrected chi connectivity index (χ4v) is 1.50. The molecule has 0 spiro atoms. The number of carbonyl (C=O) groups excluding carboxylic acids is 1. The molecule has 0 saturated carbocycles. The molecule has 0 aliphatic heterocycles. The van der Waals surface area contributed by atoms with Crippen molar-refractivity contribution in [2.75, 3.05) is 5.32 Å². The van der Waals surface area contributed by atoms with E-state index in [9.17, 15) is 9.18 Å². The average molecular weight is 273 g/mol. The molecule has 20 heavy (non-hydrogen) atoms. The van der Waals surface area contributed by atoms with Gasteiger partial charge in [-0.05, 0) is 24.3 Å². The van der Waals surface area contributed by atoms with E-state index in [0.29, 0.717) is 17.0 Å². The number of hydrogen-bond acceptors (Lipinski definition) is 5. The lowest BCUT2D eigenvalue weighted by molar-refractivity contribution is 0.102. The van der Waals surface area contributed by atoms with Crippen molar-refractivity contribution in [3.63, 3.8) is 0 Å². The highest BCUT2D eigenvalue weighted by atomic mass is 19.1. The number of aromatic nitrogens is 2. The average Bonchev–Trinajstić information content (AvgIpc) is 2.47. The van der Waals surface area contributed by atoms with Gasteiger partial charge < -0.3 is 10.7 Å². The molecule has 4 N–H and O–H groups in total. The van der Waals surface area contributed by atoms with Crippen LogP contribution in [-0.4, -0.2) is 15.9 Å². The molecule has 102 valence electrons. The van der Waals surface area contributed by atoms with Gasteiger partial charge in [-0.2, -0.15) is 0 Å². The number of nitrogens with two attached hydrogens (primary N) is 1. The van der Waals surface area contributed by atoms with Gasteiger partial charge in [0.2, 0.25) is 0 Å². The highest BCUT2D eigenvalue weighted by Crippen LogP contribution is 2.15. The molecule has 1 heterocycles. The molecule has 1 aromatic carbocycles. The van der Waals surface area contributed by atoms with E-state index in [4.69, 9.17) is 5.84 Å². The quantitative estimate of drug-likeness (QED) is 0.577. The maximum absolute atomic E-state index is 12.8. The van der Waals surface area contributed by atoms with Gasteiger partial charge in [0.25, 0.3) is 5.91 Å². The summed E-state index contributed by atoms with van der Waals surface area (Å²) in [5.41, 5.74) is 3.28. The largest absolute Gasteiger partial charge is 0.322 e. The smallest absolute Gasteiger partial charge is 0.256 e. The molecule has 0 aliphatic rings. The zero-order valence-corrected chi connectivity index (χ0v) is 10.4. The minimum atomic E-state index is -0.434. The molecule has 0 fully saturated rings. The summed E-state index contributed by atoms with van der Waals surface area (Å²) in [5.74, 6) is 4.62. The summed E-state index contributed by atoms with van der Waals surface area (Å²) in [5, 5.41) is 2.57. The van der Waals surface area contributed by atoms with Crippen LogP contribution in [0.2, 0.25) is 0 Å². The lowest BCUT2D eigenvalue weighted by Gasteiger charge is -2.10. The van der Waals surface area contributed by atoms with E-state index < -0.39 is 11.7 Å². The van der Waals surface area contributed by atoms with Crippen molar-refractivity contribution in [1.82, 2.24) is 15.4 Å². The standard InChI is InChI=1S/C13H12FN5O/c1-8(19-15)11-12(17-7-6-16-11)18-13(20)9-2-4-10(14)5-3-9/h2-7,19H,1,15H2,(H,17,18,20). The first-order valence-electron chi connectivity index (χ1n) is 5.65. The van der Waals surface area contributed by atoms with Crippen LogP contribution < -0.4 is 16.6 Å². The zero-order valence-electron chi connectivity index (χ0n) is 10.4. The first-order chi connectivity index (χ1) is 9.61. The van der Waals surface area contributed by atoms with Crippen LogP contribution in [0.15, 0.2) is 43.2 Å². The number of carbonyl (C=O) groups is 1.